The number of benzene rings is 1. The van der Waals surface area contributed by atoms with Crippen LogP contribution in [-0.2, 0) is 12.8 Å². The molecule has 2 aliphatic rings. The Hall–Kier alpha value is -0.540. The van der Waals surface area contributed by atoms with E-state index in [2.05, 4.69) is 41.9 Å². The number of hydrogen-bond donors (Lipinski definition) is 1. The summed E-state index contributed by atoms with van der Waals surface area (Å²) >= 11 is 3.54. The van der Waals surface area contributed by atoms with E-state index in [0.717, 1.165) is 35.2 Å². The van der Waals surface area contributed by atoms with Crippen molar-refractivity contribution in [2.45, 2.75) is 39.2 Å². The first-order valence-electron chi connectivity index (χ1n) is 6.59. The molecule has 2 atom stereocenters. The van der Waals surface area contributed by atoms with Crippen LogP contribution in [0.1, 0.15) is 31.4 Å². The zero-order valence-electron chi connectivity index (χ0n) is 10.9. The molecule has 1 heterocycles. The van der Waals surface area contributed by atoms with Crippen LogP contribution in [0.2, 0.25) is 0 Å². The fraction of sp³-hybridized carbons (Fsp3) is 0.600. The van der Waals surface area contributed by atoms with Gasteiger partial charge in [0.05, 0.1) is 12.7 Å². The Morgan fingerprint density at radius 2 is 2.22 bits per heavy atom. The molecule has 0 spiro atoms. The van der Waals surface area contributed by atoms with E-state index < -0.39 is 0 Å². The molecule has 1 saturated carbocycles. The third kappa shape index (κ3) is 2.19. The number of fused-ring (bicyclic) bond motifs is 1. The van der Waals surface area contributed by atoms with Crippen LogP contribution in [0.25, 0.3) is 0 Å². The maximum Gasteiger partial charge on any atom is 0.125 e. The second kappa shape index (κ2) is 4.24. The third-order valence-electron chi connectivity index (χ3n) is 4.31. The minimum absolute atomic E-state index is 0.248. The number of aliphatic hydroxyl groups excluding tert-OH is 1. The van der Waals surface area contributed by atoms with E-state index in [1.165, 1.54) is 5.56 Å². The van der Waals surface area contributed by atoms with Crippen molar-refractivity contribution < 1.29 is 9.84 Å². The maximum atomic E-state index is 10.3. The number of rotatable bonds is 3. The Morgan fingerprint density at radius 1 is 1.50 bits per heavy atom. The summed E-state index contributed by atoms with van der Waals surface area (Å²) in [6, 6.07) is 4.21. The van der Waals surface area contributed by atoms with E-state index in [1.807, 2.05) is 0 Å². The lowest BCUT2D eigenvalue weighted by molar-refractivity contribution is 0.136. The molecule has 1 aliphatic heterocycles. The molecular weight excluding hydrogens is 292 g/mol. The van der Waals surface area contributed by atoms with Crippen molar-refractivity contribution in [2.24, 2.45) is 11.3 Å². The Bertz CT molecular complexity index is 482. The van der Waals surface area contributed by atoms with Crippen LogP contribution >= 0.6 is 15.9 Å². The monoisotopic (exact) mass is 310 g/mol. The number of halogens is 1. The molecule has 1 aromatic carbocycles. The van der Waals surface area contributed by atoms with Crippen LogP contribution in [0, 0.1) is 11.3 Å². The van der Waals surface area contributed by atoms with Crippen LogP contribution in [0.15, 0.2) is 16.6 Å². The molecule has 0 amide bonds. The highest BCUT2D eigenvalue weighted by Crippen LogP contribution is 2.54. The van der Waals surface area contributed by atoms with Gasteiger partial charge in [-0.1, -0.05) is 29.8 Å². The van der Waals surface area contributed by atoms with Crippen molar-refractivity contribution in [3.05, 3.63) is 27.7 Å². The molecule has 1 aromatic rings. The molecule has 98 valence electrons. The summed E-state index contributed by atoms with van der Waals surface area (Å²) in [5.74, 6) is 1.45. The van der Waals surface area contributed by atoms with E-state index in [-0.39, 0.29) is 6.10 Å². The van der Waals surface area contributed by atoms with Crippen LogP contribution in [0.3, 0.4) is 0 Å². The molecule has 2 nitrogen and oxygen atoms in total. The van der Waals surface area contributed by atoms with Gasteiger partial charge in [0.2, 0.25) is 0 Å². The molecule has 0 saturated heterocycles. The van der Waals surface area contributed by atoms with E-state index in [1.54, 1.807) is 0 Å². The van der Waals surface area contributed by atoms with Crippen molar-refractivity contribution in [2.75, 3.05) is 6.61 Å². The second-order valence-corrected chi connectivity index (χ2v) is 7.14. The van der Waals surface area contributed by atoms with Gasteiger partial charge < -0.3 is 9.84 Å². The standard InChI is InChI=1S/C15H19BrO2/c1-15(2)8-12(15)13(17)7-10-6-11(16)5-9-3-4-18-14(9)10/h5-6,12-13,17H,3-4,7-8H2,1-2H3. The summed E-state index contributed by atoms with van der Waals surface area (Å²) in [4.78, 5) is 0. The molecule has 18 heavy (non-hydrogen) atoms. The average molecular weight is 311 g/mol. The number of hydrogen-bond acceptors (Lipinski definition) is 2. The van der Waals surface area contributed by atoms with E-state index in [0.29, 0.717) is 17.8 Å². The molecule has 0 bridgehead atoms. The maximum absolute atomic E-state index is 10.3. The molecule has 0 aromatic heterocycles. The lowest BCUT2D eigenvalue weighted by atomic mass is 9.97. The van der Waals surface area contributed by atoms with Crippen molar-refractivity contribution in [1.82, 2.24) is 0 Å². The van der Waals surface area contributed by atoms with Crippen LogP contribution in [0.5, 0.6) is 5.75 Å². The summed E-state index contributed by atoms with van der Waals surface area (Å²) < 4.78 is 6.79. The van der Waals surface area contributed by atoms with Gasteiger partial charge in [0.15, 0.2) is 0 Å². The van der Waals surface area contributed by atoms with Gasteiger partial charge in [0, 0.05) is 17.3 Å². The van der Waals surface area contributed by atoms with Gasteiger partial charge >= 0.3 is 0 Å². The smallest absolute Gasteiger partial charge is 0.125 e. The SMILES string of the molecule is CC1(C)CC1C(O)Cc1cc(Br)cc2c1OCC2. The number of ether oxygens (including phenoxy) is 1. The molecular formula is C15H19BrO2. The molecule has 3 heteroatoms. The minimum Gasteiger partial charge on any atom is -0.493 e. The van der Waals surface area contributed by atoms with Gasteiger partial charge in [0.25, 0.3) is 0 Å². The average Bonchev–Trinajstić information content (AvgIpc) is 2.73. The third-order valence-corrected chi connectivity index (χ3v) is 4.77. The minimum atomic E-state index is -0.248. The summed E-state index contributed by atoms with van der Waals surface area (Å²) in [6.07, 6.45) is 2.57. The summed E-state index contributed by atoms with van der Waals surface area (Å²) in [7, 11) is 0. The Balaban J connectivity index is 1.81. The number of aliphatic hydroxyl groups is 1. The summed E-state index contributed by atoms with van der Waals surface area (Å²) in [5, 5.41) is 10.3. The molecule has 0 radical (unpaired) electrons. The van der Waals surface area contributed by atoms with Gasteiger partial charge in [-0.05, 0) is 41.0 Å². The Kier molecular flexibility index (Phi) is 2.94. The van der Waals surface area contributed by atoms with Crippen molar-refractivity contribution in [3.63, 3.8) is 0 Å². The van der Waals surface area contributed by atoms with Gasteiger partial charge in [-0.2, -0.15) is 0 Å². The molecule has 3 rings (SSSR count). The zero-order valence-corrected chi connectivity index (χ0v) is 12.5. The lowest BCUT2D eigenvalue weighted by Crippen LogP contribution is -2.16. The second-order valence-electron chi connectivity index (χ2n) is 6.22. The van der Waals surface area contributed by atoms with Crippen LogP contribution < -0.4 is 4.74 Å². The Morgan fingerprint density at radius 3 is 2.89 bits per heavy atom. The lowest BCUT2D eigenvalue weighted by Gasteiger charge is -2.15. The van der Waals surface area contributed by atoms with Crippen LogP contribution in [-0.4, -0.2) is 17.8 Å². The summed E-state index contributed by atoms with van der Waals surface area (Å²) in [5.41, 5.74) is 2.73. The normalized spacial score (nSPS) is 25.4. The topological polar surface area (TPSA) is 29.5 Å². The first-order valence-corrected chi connectivity index (χ1v) is 7.39. The highest BCUT2D eigenvalue weighted by molar-refractivity contribution is 9.10. The van der Waals surface area contributed by atoms with E-state index in [9.17, 15) is 5.11 Å². The highest BCUT2D eigenvalue weighted by atomic mass is 79.9. The van der Waals surface area contributed by atoms with Gasteiger partial charge in [-0.3, -0.25) is 0 Å². The predicted molar refractivity (Wildman–Crippen MR) is 74.9 cm³/mol. The first-order chi connectivity index (χ1) is 8.47. The largest absolute Gasteiger partial charge is 0.493 e. The van der Waals surface area contributed by atoms with Gasteiger partial charge in [-0.15, -0.1) is 0 Å². The van der Waals surface area contributed by atoms with Gasteiger partial charge in [0.1, 0.15) is 5.75 Å². The molecule has 2 unspecified atom stereocenters. The quantitative estimate of drug-likeness (QED) is 0.928. The zero-order chi connectivity index (χ0) is 12.9. The molecule has 1 aliphatic carbocycles. The Labute approximate surface area is 116 Å². The first kappa shape index (κ1) is 12.5. The highest BCUT2D eigenvalue weighted by Gasteiger charge is 2.49. The summed E-state index contributed by atoms with van der Waals surface area (Å²) in [6.45, 7) is 5.22. The van der Waals surface area contributed by atoms with Crippen molar-refractivity contribution >= 4 is 15.9 Å². The van der Waals surface area contributed by atoms with Crippen molar-refractivity contribution in [3.8, 4) is 5.75 Å². The predicted octanol–water partition coefficient (Wildman–Crippen LogP) is 3.33. The molecule has 1 fully saturated rings. The molecule has 1 N–H and O–H groups in total. The fourth-order valence-corrected chi connectivity index (χ4v) is 3.58. The van der Waals surface area contributed by atoms with Crippen LogP contribution in [0.4, 0.5) is 0 Å². The van der Waals surface area contributed by atoms with E-state index in [4.69, 9.17) is 4.74 Å². The van der Waals surface area contributed by atoms with E-state index >= 15 is 0 Å². The van der Waals surface area contributed by atoms with Gasteiger partial charge in [-0.25, -0.2) is 0 Å². The fourth-order valence-electron chi connectivity index (χ4n) is 3.03. The van der Waals surface area contributed by atoms with Crippen molar-refractivity contribution in [1.29, 1.82) is 0 Å².